The normalized spacial score (nSPS) is 22.4. The zero-order chi connectivity index (χ0) is 44.3. The number of para-hydroxylation sites is 1. The summed E-state index contributed by atoms with van der Waals surface area (Å²) in [7, 11) is 2.57. The minimum Gasteiger partial charge on any atom is -0.455 e. The summed E-state index contributed by atoms with van der Waals surface area (Å²) in [5.41, 5.74) is 6.43. The van der Waals surface area contributed by atoms with Crippen LogP contribution in [0.2, 0.25) is 0 Å². The van der Waals surface area contributed by atoms with E-state index in [4.69, 9.17) is 24.2 Å². The van der Waals surface area contributed by atoms with E-state index in [1.54, 1.807) is 0 Å². The number of rotatable bonds is 11. The molecule has 2 saturated heterocycles. The minimum absolute atomic E-state index is 0.0758. The molecule has 4 fully saturated rings. The highest BCUT2D eigenvalue weighted by Gasteiger charge is 2.57. The summed E-state index contributed by atoms with van der Waals surface area (Å²) in [6, 6.07) is 36.0. The number of H-pyrrole nitrogens is 2. The average Bonchev–Trinajstić information content (AvgIpc) is 3.99. The van der Waals surface area contributed by atoms with Gasteiger partial charge in [-0.15, -0.1) is 0 Å². The second-order valence-electron chi connectivity index (χ2n) is 17.3. The maximum absolute atomic E-state index is 14.3. The molecule has 4 N–H and O–H groups in total. The number of hydrogen-bond acceptors (Lipinski definition) is 9. The quantitative estimate of drug-likeness (QED) is 0.0991. The fourth-order valence-corrected chi connectivity index (χ4v) is 10.0. The van der Waals surface area contributed by atoms with Crippen molar-refractivity contribution in [3.05, 3.63) is 144 Å². The average molecular weight is 871 g/mol. The van der Waals surface area contributed by atoms with Crippen LogP contribution in [-0.2, 0) is 19.1 Å². The van der Waals surface area contributed by atoms with E-state index in [9.17, 15) is 19.2 Å². The second-order valence-corrected chi connectivity index (χ2v) is 17.3. The third-order valence-corrected chi connectivity index (χ3v) is 13.4. The number of hydrogen-bond donors (Lipinski definition) is 4. The summed E-state index contributed by atoms with van der Waals surface area (Å²) in [5.74, 6) is 2.97. The van der Waals surface area contributed by atoms with E-state index < -0.39 is 24.3 Å². The van der Waals surface area contributed by atoms with E-state index in [1.165, 1.54) is 14.2 Å². The van der Waals surface area contributed by atoms with Gasteiger partial charge in [0, 0.05) is 12.1 Å². The SMILES string of the molecule is COC(=O)NC(C(=O)N1[C@@H]2C[C@@H]2C[C@H]1c1nc2ccc(-c3ccc(Oc4cccc5[nH]c([C@@H]6C[C@H]7C[C@H]7N6C(=O)C(NC(=O)OC)c6ccccc6)nc45)cc3)cc2[nH]1)c1ccccc1. The molecule has 7 aromatic rings. The van der Waals surface area contributed by atoms with Crippen molar-refractivity contribution in [3.63, 3.8) is 0 Å². The Morgan fingerprint density at radius 2 is 1.14 bits per heavy atom. The van der Waals surface area contributed by atoms with E-state index in [0.717, 1.165) is 59.2 Å². The molecule has 328 valence electrons. The van der Waals surface area contributed by atoms with Crippen molar-refractivity contribution in [2.75, 3.05) is 14.2 Å². The van der Waals surface area contributed by atoms with Gasteiger partial charge in [-0.3, -0.25) is 9.59 Å². The molecule has 0 spiro atoms. The Morgan fingerprint density at radius 3 is 1.71 bits per heavy atom. The summed E-state index contributed by atoms with van der Waals surface area (Å²) in [6.07, 6.45) is 2.07. The number of carbonyl (C=O) groups is 4. The van der Waals surface area contributed by atoms with Crippen LogP contribution in [0.25, 0.3) is 33.2 Å². The molecule has 2 aliphatic carbocycles. The van der Waals surface area contributed by atoms with Crippen molar-refractivity contribution < 1.29 is 33.4 Å². The number of fused-ring (bicyclic) bond motifs is 4. The molecule has 2 aromatic heterocycles. The van der Waals surface area contributed by atoms with Crippen molar-refractivity contribution in [2.24, 2.45) is 11.8 Å². The highest BCUT2D eigenvalue weighted by atomic mass is 16.5. The van der Waals surface area contributed by atoms with E-state index in [-0.39, 0.29) is 36.0 Å². The Labute approximate surface area is 373 Å². The summed E-state index contributed by atoms with van der Waals surface area (Å²) in [6.45, 7) is 0. The zero-order valence-corrected chi connectivity index (χ0v) is 35.6. The molecule has 8 atom stereocenters. The van der Waals surface area contributed by atoms with Gasteiger partial charge in [0.15, 0.2) is 5.75 Å². The minimum atomic E-state index is -0.904. The van der Waals surface area contributed by atoms with Gasteiger partial charge in [-0.05, 0) is 96.2 Å². The van der Waals surface area contributed by atoms with Crippen molar-refractivity contribution >= 4 is 46.1 Å². The molecule has 0 radical (unpaired) electrons. The largest absolute Gasteiger partial charge is 0.455 e. The first-order valence-electron chi connectivity index (χ1n) is 21.9. The molecule has 0 bridgehead atoms. The van der Waals surface area contributed by atoms with Gasteiger partial charge in [-0.25, -0.2) is 19.6 Å². The van der Waals surface area contributed by atoms with Crippen LogP contribution in [0.1, 0.15) is 72.6 Å². The molecule has 65 heavy (non-hydrogen) atoms. The third kappa shape index (κ3) is 7.45. The maximum Gasteiger partial charge on any atom is 0.407 e. The Morgan fingerprint density at radius 1 is 0.600 bits per heavy atom. The predicted molar refractivity (Wildman–Crippen MR) is 239 cm³/mol. The number of aromatic nitrogens is 4. The molecule has 4 aliphatic rings. The number of amides is 4. The van der Waals surface area contributed by atoms with Gasteiger partial charge >= 0.3 is 12.2 Å². The number of ether oxygens (including phenoxy) is 3. The molecule has 15 nitrogen and oxygen atoms in total. The lowest BCUT2D eigenvalue weighted by atomic mass is 10.0. The first kappa shape index (κ1) is 40.1. The van der Waals surface area contributed by atoms with E-state index in [0.29, 0.717) is 45.8 Å². The summed E-state index contributed by atoms with van der Waals surface area (Å²) >= 11 is 0. The highest BCUT2D eigenvalue weighted by Crippen LogP contribution is 2.55. The third-order valence-electron chi connectivity index (χ3n) is 13.4. The molecular formula is C50H46N8O7. The van der Waals surface area contributed by atoms with Gasteiger partial charge in [0.05, 0.1) is 42.9 Å². The lowest BCUT2D eigenvalue weighted by molar-refractivity contribution is -0.136. The lowest BCUT2D eigenvalue weighted by Gasteiger charge is -2.30. The molecule has 5 aromatic carbocycles. The van der Waals surface area contributed by atoms with Gasteiger partial charge in [0.25, 0.3) is 11.8 Å². The van der Waals surface area contributed by atoms with Gasteiger partial charge < -0.3 is 44.6 Å². The number of nitrogens with zero attached hydrogens (tertiary/aromatic N) is 4. The fraction of sp³-hybridized carbons (Fsp3) is 0.280. The molecule has 4 heterocycles. The number of imidazole rings is 2. The number of aromatic amines is 2. The molecular weight excluding hydrogens is 825 g/mol. The number of methoxy groups -OCH3 is 2. The van der Waals surface area contributed by atoms with E-state index in [1.807, 2.05) is 125 Å². The predicted octanol–water partition coefficient (Wildman–Crippen LogP) is 8.42. The summed E-state index contributed by atoms with van der Waals surface area (Å²) in [5, 5.41) is 5.51. The van der Waals surface area contributed by atoms with Crippen molar-refractivity contribution in [2.45, 2.75) is 61.9 Å². The number of alkyl carbamates (subject to hydrolysis) is 2. The fourth-order valence-electron chi connectivity index (χ4n) is 10.0. The van der Waals surface area contributed by atoms with Crippen LogP contribution in [0.15, 0.2) is 121 Å². The molecule has 15 heteroatoms. The topological polar surface area (TPSA) is 184 Å². The number of likely N-dealkylation sites (tertiary alicyclic amines) is 2. The lowest BCUT2D eigenvalue weighted by Crippen LogP contribution is -2.44. The standard InChI is InChI=1S/C50H46N8O7/c1-63-49(61)55-42(28-10-5-3-6-11-28)47(59)57-37-23-31(37)25-39(57)45-51-34-21-18-30(22-36(34)53-45)27-16-19-33(20-17-27)65-41-15-9-14-35-44(41)54-46(52-35)40-26-32-24-38(32)58(40)48(60)43(56-50(62)64-2)29-12-7-4-8-13-29/h3-22,31-32,37-40,42-43H,23-26H2,1-2H3,(H,51,53)(H,52,54)(H,55,61)(H,56,62)/t31-,32-,37-,38-,39+,40+,42?,43?/m1/s1. The Balaban J connectivity index is 0.806. The number of benzene rings is 5. The first-order valence-corrected chi connectivity index (χ1v) is 21.9. The van der Waals surface area contributed by atoms with Crippen molar-refractivity contribution in [1.29, 1.82) is 0 Å². The molecule has 2 unspecified atom stereocenters. The zero-order valence-electron chi connectivity index (χ0n) is 35.6. The molecule has 2 saturated carbocycles. The summed E-state index contributed by atoms with van der Waals surface area (Å²) in [4.78, 5) is 74.1. The Bertz CT molecular complexity index is 2960. The van der Waals surface area contributed by atoms with Gasteiger partial charge in [0.1, 0.15) is 35.0 Å². The molecule has 2 aliphatic heterocycles. The highest BCUT2D eigenvalue weighted by molar-refractivity contribution is 5.90. The van der Waals surface area contributed by atoms with Crippen molar-refractivity contribution in [3.8, 4) is 22.6 Å². The van der Waals surface area contributed by atoms with Crippen LogP contribution in [0.5, 0.6) is 11.5 Å². The molecule has 4 amide bonds. The van der Waals surface area contributed by atoms with E-state index >= 15 is 0 Å². The number of nitrogens with one attached hydrogen (secondary N) is 4. The first-order chi connectivity index (χ1) is 31.7. The summed E-state index contributed by atoms with van der Waals surface area (Å²) < 4.78 is 16.2. The maximum atomic E-state index is 14.3. The Hall–Kier alpha value is -7.68. The van der Waals surface area contributed by atoms with Crippen LogP contribution in [0.4, 0.5) is 9.59 Å². The smallest absolute Gasteiger partial charge is 0.407 e. The van der Waals surface area contributed by atoms with Crippen molar-refractivity contribution in [1.82, 2.24) is 40.4 Å². The van der Waals surface area contributed by atoms with Crippen LogP contribution in [0.3, 0.4) is 0 Å². The van der Waals surface area contributed by atoms with Gasteiger partial charge in [-0.2, -0.15) is 0 Å². The van der Waals surface area contributed by atoms with Crippen LogP contribution in [0, 0.1) is 11.8 Å². The Kier molecular flexibility index (Phi) is 9.97. The van der Waals surface area contributed by atoms with Crippen LogP contribution < -0.4 is 15.4 Å². The van der Waals surface area contributed by atoms with Gasteiger partial charge in [0.2, 0.25) is 0 Å². The molecule has 11 rings (SSSR count). The second kappa shape index (κ2) is 16.1. The van der Waals surface area contributed by atoms with Crippen LogP contribution in [-0.4, -0.2) is 80.0 Å². The van der Waals surface area contributed by atoms with Gasteiger partial charge in [-0.1, -0.05) is 84.9 Å². The number of carbonyl (C=O) groups excluding carboxylic acids is 4. The monoisotopic (exact) mass is 870 g/mol. The van der Waals surface area contributed by atoms with E-state index in [2.05, 4.69) is 26.7 Å². The number of piperidine rings is 2. The van der Waals surface area contributed by atoms with Crippen LogP contribution >= 0.6 is 0 Å².